The summed E-state index contributed by atoms with van der Waals surface area (Å²) in [5, 5.41) is 11.2. The quantitative estimate of drug-likeness (QED) is 0.398. The molecule has 8 heavy (non-hydrogen) atoms. The van der Waals surface area contributed by atoms with Crippen molar-refractivity contribution >= 4 is 15.0 Å². The van der Waals surface area contributed by atoms with Crippen molar-refractivity contribution in [3.63, 3.8) is 0 Å². The van der Waals surface area contributed by atoms with E-state index in [-0.39, 0.29) is 12.6 Å². The lowest BCUT2D eigenvalue weighted by Gasteiger charge is -2.04. The summed E-state index contributed by atoms with van der Waals surface area (Å²) < 4.78 is 0. The monoisotopic (exact) mass is 135 g/mol. The fraction of sp³-hybridized carbons (Fsp3) is 0.750. The van der Waals surface area contributed by atoms with Gasteiger partial charge in [-0.15, -0.1) is 0 Å². The van der Waals surface area contributed by atoms with E-state index in [4.69, 9.17) is 5.11 Å². The van der Waals surface area contributed by atoms with Gasteiger partial charge in [-0.2, -0.15) is 0 Å². The molecule has 0 bridgehead atoms. The lowest BCUT2D eigenvalue weighted by molar-refractivity contribution is -0.109. The highest BCUT2D eigenvalue weighted by molar-refractivity contribution is 7.34. The maximum atomic E-state index is 9.91. The van der Waals surface area contributed by atoms with Gasteiger partial charge in [-0.3, -0.25) is 5.09 Å². The molecule has 0 aromatic carbocycles. The van der Waals surface area contributed by atoms with Gasteiger partial charge in [0.1, 0.15) is 6.29 Å². The van der Waals surface area contributed by atoms with Crippen LogP contribution in [0.1, 0.15) is 0 Å². The molecule has 0 amide bonds. The van der Waals surface area contributed by atoms with Crippen LogP contribution in [0, 0.1) is 0 Å². The van der Waals surface area contributed by atoms with Gasteiger partial charge in [-0.05, 0) is 6.66 Å². The molecule has 4 heteroatoms. The summed E-state index contributed by atoms with van der Waals surface area (Å²) in [5.74, 6) is 0. The van der Waals surface area contributed by atoms with Gasteiger partial charge in [0.05, 0.1) is 12.6 Å². The molecule has 0 spiro atoms. The first-order valence-corrected chi connectivity index (χ1v) is 3.83. The molecular weight excluding hydrogens is 125 g/mol. The van der Waals surface area contributed by atoms with Crippen molar-refractivity contribution in [2.24, 2.45) is 0 Å². The van der Waals surface area contributed by atoms with E-state index >= 15 is 0 Å². The molecule has 0 saturated carbocycles. The van der Waals surface area contributed by atoms with Gasteiger partial charge in [0, 0.05) is 0 Å². The van der Waals surface area contributed by atoms with Crippen molar-refractivity contribution in [1.82, 2.24) is 5.09 Å². The molecular formula is C4H10NO2P. The van der Waals surface area contributed by atoms with Crippen LogP contribution in [0.25, 0.3) is 0 Å². The highest BCUT2D eigenvalue weighted by atomic mass is 31.1. The Morgan fingerprint density at radius 1 is 2.00 bits per heavy atom. The summed E-state index contributed by atoms with van der Waals surface area (Å²) in [7, 11) is 0.510. The van der Waals surface area contributed by atoms with Gasteiger partial charge < -0.3 is 9.90 Å². The Kier molecular flexibility index (Phi) is 5.18. The Morgan fingerprint density at radius 3 is 2.75 bits per heavy atom. The van der Waals surface area contributed by atoms with Crippen LogP contribution in [-0.4, -0.2) is 30.7 Å². The Balaban J connectivity index is 3.21. The Labute approximate surface area is 50.3 Å². The van der Waals surface area contributed by atoms with Gasteiger partial charge in [0.2, 0.25) is 0 Å². The lowest BCUT2D eigenvalue weighted by Crippen LogP contribution is -2.27. The second kappa shape index (κ2) is 5.16. The van der Waals surface area contributed by atoms with Crippen LogP contribution in [0.15, 0.2) is 0 Å². The van der Waals surface area contributed by atoms with E-state index in [0.717, 1.165) is 0 Å². The summed E-state index contributed by atoms with van der Waals surface area (Å²) in [6.07, 6.45) is 0.705. The highest BCUT2D eigenvalue weighted by Gasteiger charge is 1.99. The largest absolute Gasteiger partial charge is 0.394 e. The van der Waals surface area contributed by atoms with Crippen LogP contribution in [0.4, 0.5) is 0 Å². The third-order valence-electron chi connectivity index (χ3n) is 0.691. The highest BCUT2D eigenvalue weighted by Crippen LogP contribution is 1.93. The molecule has 0 aromatic rings. The van der Waals surface area contributed by atoms with E-state index in [1.165, 1.54) is 0 Å². The summed E-state index contributed by atoms with van der Waals surface area (Å²) in [5.41, 5.74) is 0. The van der Waals surface area contributed by atoms with Crippen molar-refractivity contribution in [3.05, 3.63) is 0 Å². The summed E-state index contributed by atoms with van der Waals surface area (Å²) in [6, 6.07) is -0.363. The summed E-state index contributed by atoms with van der Waals surface area (Å²) in [4.78, 5) is 9.91. The molecule has 2 atom stereocenters. The number of carbonyl (C=O) groups excluding carboxylic acids is 1. The summed E-state index contributed by atoms with van der Waals surface area (Å²) >= 11 is 0. The van der Waals surface area contributed by atoms with Crippen LogP contribution in [-0.2, 0) is 4.79 Å². The fourth-order valence-corrected chi connectivity index (χ4v) is 0.838. The van der Waals surface area contributed by atoms with E-state index in [9.17, 15) is 4.79 Å². The zero-order valence-electron chi connectivity index (χ0n) is 4.72. The number of aliphatic hydroxyl groups excluding tert-OH is 1. The maximum absolute atomic E-state index is 9.91. The molecule has 48 valence electrons. The number of aldehydes is 1. The van der Waals surface area contributed by atoms with Crippen LogP contribution >= 0.6 is 8.73 Å². The Morgan fingerprint density at radius 2 is 2.62 bits per heavy atom. The van der Waals surface area contributed by atoms with Crippen molar-refractivity contribution < 1.29 is 9.90 Å². The van der Waals surface area contributed by atoms with Gasteiger partial charge in [0.15, 0.2) is 0 Å². The Bertz CT molecular complexity index is 69.1. The van der Waals surface area contributed by atoms with Gasteiger partial charge in [-0.25, -0.2) is 0 Å². The Hall–Kier alpha value is 0.0200. The van der Waals surface area contributed by atoms with E-state index < -0.39 is 0 Å². The minimum Gasteiger partial charge on any atom is -0.394 e. The van der Waals surface area contributed by atoms with Crippen LogP contribution in [0.2, 0.25) is 0 Å². The molecule has 0 aliphatic carbocycles. The minimum absolute atomic E-state index is 0.107. The summed E-state index contributed by atoms with van der Waals surface area (Å²) in [6.45, 7) is 1.80. The van der Waals surface area contributed by atoms with E-state index in [1.54, 1.807) is 0 Å². The van der Waals surface area contributed by atoms with E-state index in [2.05, 4.69) is 5.09 Å². The molecule has 0 heterocycles. The molecule has 0 aliphatic rings. The van der Waals surface area contributed by atoms with Gasteiger partial charge in [0.25, 0.3) is 0 Å². The van der Waals surface area contributed by atoms with Crippen molar-refractivity contribution in [1.29, 1.82) is 0 Å². The topological polar surface area (TPSA) is 49.3 Å². The second-order valence-corrected chi connectivity index (χ2v) is 2.11. The first-order valence-electron chi connectivity index (χ1n) is 2.33. The molecule has 0 rings (SSSR count). The SMILES string of the molecule is CPN[C@H](C=O)CO. The molecule has 3 nitrogen and oxygen atoms in total. The minimum atomic E-state index is -0.363. The molecule has 1 unspecified atom stereocenters. The van der Waals surface area contributed by atoms with Gasteiger partial charge >= 0.3 is 0 Å². The molecule has 0 radical (unpaired) electrons. The molecule has 0 saturated heterocycles. The molecule has 2 N–H and O–H groups in total. The van der Waals surface area contributed by atoms with E-state index in [0.29, 0.717) is 15.0 Å². The average molecular weight is 135 g/mol. The first-order chi connectivity index (χ1) is 3.85. The van der Waals surface area contributed by atoms with Crippen molar-refractivity contribution in [2.45, 2.75) is 6.04 Å². The average Bonchev–Trinajstić information content (AvgIpc) is 1.83. The molecule has 0 aliphatic heterocycles. The number of hydrogen-bond donors (Lipinski definition) is 2. The predicted octanol–water partition coefficient (Wildman–Crippen LogP) is -0.641. The number of carbonyl (C=O) groups is 1. The zero-order chi connectivity index (χ0) is 6.41. The molecule has 0 aromatic heterocycles. The third kappa shape index (κ3) is 3.08. The number of nitrogens with one attached hydrogen (secondary N) is 1. The number of rotatable bonds is 4. The van der Waals surface area contributed by atoms with Crippen molar-refractivity contribution in [2.75, 3.05) is 13.3 Å². The maximum Gasteiger partial charge on any atom is 0.139 e. The van der Waals surface area contributed by atoms with Crippen molar-refractivity contribution in [3.8, 4) is 0 Å². The fourth-order valence-electron chi connectivity index (χ4n) is 0.308. The number of aliphatic hydroxyl groups is 1. The normalized spacial score (nSPS) is 14.8. The first kappa shape index (κ1) is 8.02. The second-order valence-electron chi connectivity index (χ2n) is 1.32. The van der Waals surface area contributed by atoms with Crippen LogP contribution < -0.4 is 5.09 Å². The van der Waals surface area contributed by atoms with Crippen LogP contribution in [0.3, 0.4) is 0 Å². The molecule has 0 fully saturated rings. The standard InChI is InChI=1S/C4H10NO2P/c1-8-5-4(2-6)3-7/h2,4-5,7-8H,3H2,1H3/t4-/m1/s1. The lowest BCUT2D eigenvalue weighted by atomic mass is 10.4. The van der Waals surface area contributed by atoms with E-state index in [1.807, 2.05) is 6.66 Å². The zero-order valence-corrected chi connectivity index (χ0v) is 5.72. The van der Waals surface area contributed by atoms with Crippen LogP contribution in [0.5, 0.6) is 0 Å². The third-order valence-corrected chi connectivity index (χ3v) is 1.35. The predicted molar refractivity (Wildman–Crippen MR) is 34.3 cm³/mol. The van der Waals surface area contributed by atoms with Gasteiger partial charge in [-0.1, -0.05) is 8.73 Å². The number of hydrogen-bond acceptors (Lipinski definition) is 3. The smallest absolute Gasteiger partial charge is 0.139 e.